The van der Waals surface area contributed by atoms with E-state index in [2.05, 4.69) is 0 Å². The van der Waals surface area contributed by atoms with E-state index in [0.29, 0.717) is 19.7 Å². The van der Waals surface area contributed by atoms with Crippen LogP contribution in [0.2, 0.25) is 0 Å². The zero-order chi connectivity index (χ0) is 15.9. The van der Waals surface area contributed by atoms with Gasteiger partial charge in [0.1, 0.15) is 0 Å². The Bertz CT molecular complexity index is 495. The number of amides is 1. The van der Waals surface area contributed by atoms with E-state index in [1.807, 2.05) is 35.2 Å². The maximum Gasteiger partial charge on any atom is 0.339 e. The molecule has 1 aliphatic rings. The molecule has 2 rings (SSSR count). The van der Waals surface area contributed by atoms with Crippen molar-refractivity contribution in [2.75, 3.05) is 19.7 Å². The SMILES string of the molecule is CCOC(=O)C(OC1CCN(C(C)=O)CC1)c1ccccc1. The number of rotatable bonds is 5. The Kier molecular flexibility index (Phi) is 5.95. The number of likely N-dealkylation sites (tertiary alicyclic amines) is 1. The molecular formula is C17H23NO4. The molecule has 1 aliphatic heterocycles. The number of ether oxygens (including phenoxy) is 2. The van der Waals surface area contributed by atoms with E-state index in [4.69, 9.17) is 9.47 Å². The first-order valence-electron chi connectivity index (χ1n) is 7.74. The minimum absolute atomic E-state index is 0.0368. The maximum absolute atomic E-state index is 12.2. The van der Waals surface area contributed by atoms with Crippen LogP contribution in [-0.4, -0.2) is 42.6 Å². The highest BCUT2D eigenvalue weighted by atomic mass is 16.6. The molecular weight excluding hydrogens is 282 g/mol. The van der Waals surface area contributed by atoms with E-state index >= 15 is 0 Å². The summed E-state index contributed by atoms with van der Waals surface area (Å²) in [6, 6.07) is 9.39. The van der Waals surface area contributed by atoms with Gasteiger partial charge in [-0.1, -0.05) is 30.3 Å². The summed E-state index contributed by atoms with van der Waals surface area (Å²) in [6.45, 7) is 5.03. The molecule has 1 unspecified atom stereocenters. The van der Waals surface area contributed by atoms with Gasteiger partial charge < -0.3 is 14.4 Å². The Balaban J connectivity index is 2.01. The highest BCUT2D eigenvalue weighted by molar-refractivity contribution is 5.76. The normalized spacial score (nSPS) is 17.1. The highest BCUT2D eigenvalue weighted by Crippen LogP contribution is 2.25. The third-order valence-corrected chi connectivity index (χ3v) is 3.82. The Hall–Kier alpha value is -1.88. The second-order valence-corrected chi connectivity index (χ2v) is 5.38. The molecule has 0 aromatic heterocycles. The molecule has 1 atom stereocenters. The summed E-state index contributed by atoms with van der Waals surface area (Å²) >= 11 is 0. The Morgan fingerprint density at radius 1 is 1.23 bits per heavy atom. The van der Waals surface area contributed by atoms with Gasteiger partial charge in [-0.25, -0.2) is 4.79 Å². The van der Waals surface area contributed by atoms with Crippen molar-refractivity contribution in [1.29, 1.82) is 0 Å². The molecule has 0 saturated carbocycles. The Morgan fingerprint density at radius 3 is 2.41 bits per heavy atom. The lowest BCUT2D eigenvalue weighted by molar-refractivity contribution is -0.164. The number of esters is 1. The average Bonchev–Trinajstić information content (AvgIpc) is 2.54. The summed E-state index contributed by atoms with van der Waals surface area (Å²) in [7, 11) is 0. The van der Waals surface area contributed by atoms with Crippen LogP contribution in [0.15, 0.2) is 30.3 Å². The monoisotopic (exact) mass is 305 g/mol. The molecule has 0 N–H and O–H groups in total. The van der Waals surface area contributed by atoms with Crippen molar-refractivity contribution >= 4 is 11.9 Å². The van der Waals surface area contributed by atoms with Crippen molar-refractivity contribution in [3.8, 4) is 0 Å². The standard InChI is InChI=1S/C17H23NO4/c1-3-21-17(20)16(14-7-5-4-6-8-14)22-15-9-11-18(12-10-15)13(2)19/h4-8,15-16H,3,9-12H2,1-2H3. The van der Waals surface area contributed by atoms with E-state index < -0.39 is 6.10 Å². The van der Waals surface area contributed by atoms with Crippen LogP contribution in [-0.2, 0) is 19.1 Å². The number of hydrogen-bond donors (Lipinski definition) is 0. The predicted octanol–water partition coefficient (Wildman–Crippen LogP) is 2.32. The van der Waals surface area contributed by atoms with E-state index in [9.17, 15) is 9.59 Å². The van der Waals surface area contributed by atoms with Crippen LogP contribution < -0.4 is 0 Å². The molecule has 1 heterocycles. The van der Waals surface area contributed by atoms with Gasteiger partial charge in [0.05, 0.1) is 12.7 Å². The summed E-state index contributed by atoms with van der Waals surface area (Å²) in [5, 5.41) is 0. The second-order valence-electron chi connectivity index (χ2n) is 5.38. The molecule has 0 radical (unpaired) electrons. The van der Waals surface area contributed by atoms with Gasteiger partial charge in [0.2, 0.25) is 5.91 Å². The minimum atomic E-state index is -0.699. The summed E-state index contributed by atoms with van der Waals surface area (Å²) in [5.41, 5.74) is 0.801. The zero-order valence-corrected chi connectivity index (χ0v) is 13.2. The number of carbonyl (C=O) groups excluding carboxylic acids is 2. The Morgan fingerprint density at radius 2 is 1.86 bits per heavy atom. The summed E-state index contributed by atoms with van der Waals surface area (Å²) < 4.78 is 11.1. The first-order chi connectivity index (χ1) is 10.6. The lowest BCUT2D eigenvalue weighted by Gasteiger charge is -2.33. The van der Waals surface area contributed by atoms with Crippen molar-refractivity contribution < 1.29 is 19.1 Å². The third-order valence-electron chi connectivity index (χ3n) is 3.82. The molecule has 22 heavy (non-hydrogen) atoms. The second kappa shape index (κ2) is 7.94. The van der Waals surface area contributed by atoms with Crippen LogP contribution >= 0.6 is 0 Å². The summed E-state index contributed by atoms with van der Waals surface area (Å²) in [6.07, 6.45) is 0.741. The van der Waals surface area contributed by atoms with Crippen LogP contribution in [0.5, 0.6) is 0 Å². The summed E-state index contributed by atoms with van der Waals surface area (Å²) in [5.74, 6) is -0.272. The van der Waals surface area contributed by atoms with Crippen molar-refractivity contribution in [2.45, 2.75) is 38.9 Å². The van der Waals surface area contributed by atoms with Gasteiger partial charge in [-0.2, -0.15) is 0 Å². The fourth-order valence-electron chi connectivity index (χ4n) is 2.62. The topological polar surface area (TPSA) is 55.8 Å². The van der Waals surface area contributed by atoms with Crippen molar-refractivity contribution in [3.63, 3.8) is 0 Å². The number of nitrogens with zero attached hydrogens (tertiary/aromatic N) is 1. The molecule has 1 amide bonds. The average molecular weight is 305 g/mol. The number of benzene rings is 1. The van der Waals surface area contributed by atoms with Crippen LogP contribution in [0.25, 0.3) is 0 Å². The lowest BCUT2D eigenvalue weighted by atomic mass is 10.1. The molecule has 1 fully saturated rings. The molecule has 1 aromatic rings. The molecule has 120 valence electrons. The van der Waals surface area contributed by atoms with Crippen LogP contribution in [0.1, 0.15) is 38.4 Å². The predicted molar refractivity (Wildman–Crippen MR) is 82.2 cm³/mol. The molecule has 5 nitrogen and oxygen atoms in total. The van der Waals surface area contributed by atoms with Crippen molar-refractivity contribution in [3.05, 3.63) is 35.9 Å². The molecule has 0 bridgehead atoms. The minimum Gasteiger partial charge on any atom is -0.464 e. The first kappa shape index (κ1) is 16.5. The number of hydrogen-bond acceptors (Lipinski definition) is 4. The molecule has 5 heteroatoms. The van der Waals surface area contributed by atoms with Crippen LogP contribution in [0, 0.1) is 0 Å². The molecule has 0 spiro atoms. The van der Waals surface area contributed by atoms with E-state index in [0.717, 1.165) is 18.4 Å². The lowest BCUT2D eigenvalue weighted by Crippen LogP contribution is -2.40. The van der Waals surface area contributed by atoms with Gasteiger partial charge in [-0.3, -0.25) is 4.79 Å². The van der Waals surface area contributed by atoms with Gasteiger partial charge in [-0.15, -0.1) is 0 Å². The molecule has 1 aromatic carbocycles. The van der Waals surface area contributed by atoms with Gasteiger partial charge in [0.25, 0.3) is 0 Å². The molecule has 1 saturated heterocycles. The fraction of sp³-hybridized carbons (Fsp3) is 0.529. The highest BCUT2D eigenvalue weighted by Gasteiger charge is 2.29. The van der Waals surface area contributed by atoms with E-state index in [1.165, 1.54) is 0 Å². The third kappa shape index (κ3) is 4.31. The fourth-order valence-corrected chi connectivity index (χ4v) is 2.62. The van der Waals surface area contributed by atoms with Gasteiger partial charge in [0, 0.05) is 20.0 Å². The smallest absolute Gasteiger partial charge is 0.339 e. The van der Waals surface area contributed by atoms with Gasteiger partial charge in [0.15, 0.2) is 6.10 Å². The van der Waals surface area contributed by atoms with E-state index in [1.54, 1.807) is 13.8 Å². The van der Waals surface area contributed by atoms with Gasteiger partial charge in [-0.05, 0) is 25.3 Å². The summed E-state index contributed by atoms with van der Waals surface area (Å²) in [4.78, 5) is 25.3. The largest absolute Gasteiger partial charge is 0.464 e. The quantitative estimate of drug-likeness (QED) is 0.783. The van der Waals surface area contributed by atoms with Crippen molar-refractivity contribution in [2.24, 2.45) is 0 Å². The van der Waals surface area contributed by atoms with Crippen molar-refractivity contribution in [1.82, 2.24) is 4.90 Å². The zero-order valence-electron chi connectivity index (χ0n) is 13.2. The van der Waals surface area contributed by atoms with Crippen LogP contribution in [0.3, 0.4) is 0 Å². The maximum atomic E-state index is 12.2. The van der Waals surface area contributed by atoms with Gasteiger partial charge >= 0.3 is 5.97 Å². The van der Waals surface area contributed by atoms with E-state index in [-0.39, 0.29) is 18.0 Å². The first-order valence-corrected chi connectivity index (χ1v) is 7.74. The van der Waals surface area contributed by atoms with Crippen LogP contribution in [0.4, 0.5) is 0 Å². The Labute approximate surface area is 131 Å². The molecule has 0 aliphatic carbocycles. The number of carbonyl (C=O) groups is 2. The number of piperidine rings is 1.